The van der Waals surface area contributed by atoms with Gasteiger partial charge in [-0.25, -0.2) is 21.6 Å². The van der Waals surface area contributed by atoms with Gasteiger partial charge in [-0.2, -0.15) is 4.31 Å². The van der Waals surface area contributed by atoms with Crippen LogP contribution < -0.4 is 5.32 Å². The summed E-state index contributed by atoms with van der Waals surface area (Å²) in [5.41, 5.74) is 3.92. The van der Waals surface area contributed by atoms with Gasteiger partial charge >= 0.3 is 5.97 Å². The molecule has 0 aromatic heterocycles. The SMILES string of the molecule is COCCCS(=O)(=O)N(CCc1ccccc1)Cc1ccc(C(=O)N[C@@H](CCS(C)(=O)=O)C(=O)O)c(-c2ccccc2C)c1. The average molecular weight is 645 g/mol. The topological polar surface area (TPSA) is 147 Å². The van der Waals surface area contributed by atoms with Crippen molar-refractivity contribution in [3.05, 3.63) is 95.1 Å². The van der Waals surface area contributed by atoms with E-state index in [1.165, 1.54) is 11.4 Å². The minimum atomic E-state index is -3.66. The van der Waals surface area contributed by atoms with Crippen LogP contribution >= 0.6 is 0 Å². The lowest BCUT2D eigenvalue weighted by Crippen LogP contribution is -2.42. The van der Waals surface area contributed by atoms with Crippen LogP contribution in [0.25, 0.3) is 11.1 Å². The molecule has 0 unspecified atom stereocenters. The minimum absolute atomic E-state index is 0.0645. The summed E-state index contributed by atoms with van der Waals surface area (Å²) in [6, 6.07) is 20.5. The molecule has 0 saturated heterocycles. The van der Waals surface area contributed by atoms with E-state index in [1.54, 1.807) is 18.2 Å². The number of methoxy groups -OCH3 is 1. The van der Waals surface area contributed by atoms with Gasteiger partial charge in [0, 0.05) is 38.6 Å². The van der Waals surface area contributed by atoms with Crippen molar-refractivity contribution in [3.63, 3.8) is 0 Å². The Bertz CT molecular complexity index is 1640. The number of hydrogen-bond acceptors (Lipinski definition) is 7. The van der Waals surface area contributed by atoms with E-state index in [4.69, 9.17) is 4.74 Å². The molecule has 12 heteroatoms. The summed E-state index contributed by atoms with van der Waals surface area (Å²) in [6.45, 7) is 2.51. The third-order valence-electron chi connectivity index (χ3n) is 7.14. The quantitative estimate of drug-likeness (QED) is 0.212. The Balaban J connectivity index is 1.98. The Morgan fingerprint density at radius 1 is 0.909 bits per heavy atom. The number of amides is 1. The van der Waals surface area contributed by atoms with E-state index in [1.807, 2.05) is 61.5 Å². The van der Waals surface area contributed by atoms with Crippen LogP contribution in [-0.4, -0.2) is 82.2 Å². The van der Waals surface area contributed by atoms with Crippen molar-refractivity contribution in [3.8, 4) is 11.1 Å². The first-order valence-corrected chi connectivity index (χ1v) is 17.9. The molecule has 0 fully saturated rings. The molecule has 0 aliphatic heterocycles. The Morgan fingerprint density at radius 2 is 1.59 bits per heavy atom. The number of aliphatic carboxylic acids is 1. The van der Waals surface area contributed by atoms with Crippen LogP contribution in [0.4, 0.5) is 0 Å². The highest BCUT2D eigenvalue weighted by Gasteiger charge is 2.26. The Hall–Kier alpha value is -3.58. The van der Waals surface area contributed by atoms with Gasteiger partial charge in [-0.3, -0.25) is 4.79 Å². The second-order valence-corrected chi connectivity index (χ2v) is 15.1. The minimum Gasteiger partial charge on any atom is -0.480 e. The maximum Gasteiger partial charge on any atom is 0.326 e. The number of sulfonamides is 1. The molecule has 0 radical (unpaired) electrons. The van der Waals surface area contributed by atoms with Gasteiger partial charge in [-0.15, -0.1) is 0 Å². The molecular formula is C32H40N2O8S2. The molecule has 10 nitrogen and oxygen atoms in total. The summed E-state index contributed by atoms with van der Waals surface area (Å²) in [4.78, 5) is 25.3. The number of carboxylic acid groups (broad SMARTS) is 1. The van der Waals surface area contributed by atoms with Gasteiger partial charge in [0.15, 0.2) is 0 Å². The van der Waals surface area contributed by atoms with Crippen molar-refractivity contribution in [1.82, 2.24) is 9.62 Å². The van der Waals surface area contributed by atoms with Crippen LogP contribution in [0, 0.1) is 6.92 Å². The number of benzene rings is 3. The predicted octanol–water partition coefficient (Wildman–Crippen LogP) is 3.69. The van der Waals surface area contributed by atoms with E-state index >= 15 is 0 Å². The van der Waals surface area contributed by atoms with E-state index in [9.17, 15) is 31.5 Å². The third kappa shape index (κ3) is 10.5. The molecule has 1 amide bonds. The largest absolute Gasteiger partial charge is 0.480 e. The Labute approximate surface area is 260 Å². The molecule has 0 bridgehead atoms. The van der Waals surface area contributed by atoms with E-state index in [0.717, 1.165) is 22.9 Å². The summed E-state index contributed by atoms with van der Waals surface area (Å²) in [7, 11) is -5.58. The van der Waals surface area contributed by atoms with E-state index in [0.29, 0.717) is 30.6 Å². The zero-order chi connectivity index (χ0) is 32.3. The van der Waals surface area contributed by atoms with Crippen LogP contribution in [0.1, 0.15) is 39.9 Å². The first kappa shape index (κ1) is 34.9. The number of ether oxygens (including phenoxy) is 1. The maximum atomic E-state index is 13.4. The molecule has 0 spiro atoms. The van der Waals surface area contributed by atoms with Crippen LogP contribution in [-0.2, 0) is 42.4 Å². The monoisotopic (exact) mass is 644 g/mol. The van der Waals surface area contributed by atoms with Gasteiger partial charge in [0.1, 0.15) is 15.9 Å². The van der Waals surface area contributed by atoms with Crippen molar-refractivity contribution in [1.29, 1.82) is 0 Å². The summed E-state index contributed by atoms with van der Waals surface area (Å²) < 4.78 is 56.6. The summed E-state index contributed by atoms with van der Waals surface area (Å²) in [5.74, 6) is -2.50. The highest BCUT2D eigenvalue weighted by molar-refractivity contribution is 7.90. The molecule has 3 aromatic rings. The summed E-state index contributed by atoms with van der Waals surface area (Å²) in [6.07, 6.45) is 1.58. The molecule has 3 rings (SSSR count). The molecule has 3 aromatic carbocycles. The molecule has 0 aliphatic rings. The van der Waals surface area contributed by atoms with Crippen LogP contribution in [0.2, 0.25) is 0 Å². The number of rotatable bonds is 17. The lowest BCUT2D eigenvalue weighted by Gasteiger charge is -2.23. The van der Waals surface area contributed by atoms with Crippen molar-refractivity contribution in [2.45, 2.75) is 38.8 Å². The Morgan fingerprint density at radius 3 is 2.23 bits per heavy atom. The van der Waals surface area contributed by atoms with Crippen LogP contribution in [0.5, 0.6) is 0 Å². The zero-order valence-corrected chi connectivity index (χ0v) is 26.9. The first-order valence-electron chi connectivity index (χ1n) is 14.2. The van der Waals surface area contributed by atoms with Crippen molar-refractivity contribution in [2.24, 2.45) is 0 Å². The molecule has 238 valence electrons. The number of sulfone groups is 1. The highest BCUT2D eigenvalue weighted by Crippen LogP contribution is 2.29. The summed E-state index contributed by atoms with van der Waals surface area (Å²) in [5, 5.41) is 12.1. The standard InChI is InChI=1S/C32H40N2O8S2/c1-24-10-7-8-13-27(24)29-22-26(14-15-28(29)31(35)33-30(32(36)37)17-21-43(3,38)39)23-34(44(40,41)20-9-19-42-2)18-16-25-11-5-4-6-12-25/h4-8,10-15,22,30H,9,16-21,23H2,1-3H3,(H,33,35)(H,36,37)/t30-/m0/s1. The average Bonchev–Trinajstić information content (AvgIpc) is 2.97. The first-order chi connectivity index (χ1) is 20.8. The van der Waals surface area contributed by atoms with Gasteiger partial charge in [-0.1, -0.05) is 60.7 Å². The smallest absolute Gasteiger partial charge is 0.326 e. The highest BCUT2D eigenvalue weighted by atomic mass is 32.2. The molecule has 0 heterocycles. The lowest BCUT2D eigenvalue weighted by atomic mass is 9.93. The number of carbonyl (C=O) groups excluding carboxylic acids is 1. The number of carboxylic acids is 1. The second kappa shape index (κ2) is 15.9. The molecular weight excluding hydrogens is 604 g/mol. The van der Waals surface area contributed by atoms with Gasteiger partial charge in [0.05, 0.1) is 11.5 Å². The van der Waals surface area contributed by atoms with Gasteiger partial charge in [-0.05, 0) is 66.1 Å². The fourth-order valence-corrected chi connectivity index (χ4v) is 6.86. The zero-order valence-electron chi connectivity index (χ0n) is 25.2. The van der Waals surface area contributed by atoms with Gasteiger partial charge < -0.3 is 15.2 Å². The van der Waals surface area contributed by atoms with E-state index in [-0.39, 0.29) is 30.8 Å². The molecule has 2 N–H and O–H groups in total. The number of carbonyl (C=O) groups is 2. The van der Waals surface area contributed by atoms with Crippen molar-refractivity contribution in [2.75, 3.05) is 38.0 Å². The van der Waals surface area contributed by atoms with Gasteiger partial charge in [0.25, 0.3) is 5.91 Å². The molecule has 44 heavy (non-hydrogen) atoms. The van der Waals surface area contributed by atoms with E-state index < -0.39 is 43.5 Å². The normalized spacial score (nSPS) is 12.6. The molecule has 1 atom stereocenters. The van der Waals surface area contributed by atoms with Gasteiger partial charge in [0.2, 0.25) is 10.0 Å². The number of aryl methyl sites for hydroxylation is 1. The molecule has 0 saturated carbocycles. The Kier molecular flexibility index (Phi) is 12.6. The van der Waals surface area contributed by atoms with Crippen LogP contribution in [0.15, 0.2) is 72.8 Å². The van der Waals surface area contributed by atoms with Crippen molar-refractivity contribution < 1.29 is 36.3 Å². The maximum absolute atomic E-state index is 13.4. The predicted molar refractivity (Wildman–Crippen MR) is 171 cm³/mol. The lowest BCUT2D eigenvalue weighted by molar-refractivity contribution is -0.139. The van der Waals surface area contributed by atoms with Crippen molar-refractivity contribution >= 4 is 31.7 Å². The fraction of sp³-hybridized carbons (Fsp3) is 0.375. The number of hydrogen-bond donors (Lipinski definition) is 2. The van der Waals surface area contributed by atoms with Crippen LogP contribution in [0.3, 0.4) is 0 Å². The summed E-state index contributed by atoms with van der Waals surface area (Å²) >= 11 is 0. The fourth-order valence-electron chi connectivity index (χ4n) is 4.74. The number of nitrogens with zero attached hydrogens (tertiary/aromatic N) is 1. The van der Waals surface area contributed by atoms with E-state index in [2.05, 4.69) is 5.32 Å². The molecule has 0 aliphatic carbocycles. The number of nitrogens with one attached hydrogen (secondary N) is 1. The second-order valence-electron chi connectivity index (χ2n) is 10.7. The third-order valence-corrected chi connectivity index (χ3v) is 10.0.